The summed E-state index contributed by atoms with van der Waals surface area (Å²) < 4.78 is 5.49. The minimum absolute atomic E-state index is 0.105. The fourth-order valence-corrected chi connectivity index (χ4v) is 3.02. The molecule has 1 aliphatic heterocycles. The van der Waals surface area contributed by atoms with Crippen LogP contribution in [0.3, 0.4) is 0 Å². The van der Waals surface area contributed by atoms with Gasteiger partial charge in [-0.25, -0.2) is 0 Å². The Labute approximate surface area is 126 Å². The summed E-state index contributed by atoms with van der Waals surface area (Å²) in [5.74, 6) is 0. The number of methoxy groups -OCH3 is 1. The van der Waals surface area contributed by atoms with E-state index in [1.54, 1.807) is 7.11 Å². The van der Waals surface area contributed by atoms with Crippen LogP contribution in [-0.2, 0) is 4.74 Å². The van der Waals surface area contributed by atoms with E-state index in [1.165, 1.54) is 11.1 Å². The molecular weight excluding hydrogens is 260 g/mol. The second kappa shape index (κ2) is 6.85. The zero-order valence-corrected chi connectivity index (χ0v) is 12.4. The summed E-state index contributed by atoms with van der Waals surface area (Å²) in [6.07, 6.45) is 0.105. The molecule has 0 aliphatic carbocycles. The number of nitrogens with one attached hydrogen (secondary N) is 1. The van der Waals surface area contributed by atoms with E-state index in [2.05, 4.69) is 70.9 Å². The SMILES string of the molecule is COC1CN(C(c2ccccc2)c2ccccc2)CCN1. The van der Waals surface area contributed by atoms with Gasteiger partial charge in [0.15, 0.2) is 0 Å². The highest BCUT2D eigenvalue weighted by atomic mass is 16.5. The first-order valence-electron chi connectivity index (χ1n) is 7.48. The average Bonchev–Trinajstić information content (AvgIpc) is 2.57. The van der Waals surface area contributed by atoms with E-state index >= 15 is 0 Å². The molecule has 1 atom stereocenters. The second-order valence-corrected chi connectivity index (χ2v) is 5.40. The van der Waals surface area contributed by atoms with Crippen LogP contribution in [-0.4, -0.2) is 37.9 Å². The van der Waals surface area contributed by atoms with Crippen LogP contribution in [0.4, 0.5) is 0 Å². The maximum Gasteiger partial charge on any atom is 0.120 e. The Kier molecular flexibility index (Phi) is 4.65. The van der Waals surface area contributed by atoms with E-state index in [4.69, 9.17) is 4.74 Å². The molecule has 0 radical (unpaired) electrons. The quantitative estimate of drug-likeness (QED) is 0.933. The van der Waals surface area contributed by atoms with Crippen LogP contribution in [0.2, 0.25) is 0 Å². The van der Waals surface area contributed by atoms with Gasteiger partial charge in [-0.3, -0.25) is 10.2 Å². The maximum atomic E-state index is 5.49. The fourth-order valence-electron chi connectivity index (χ4n) is 3.02. The van der Waals surface area contributed by atoms with Crippen molar-refractivity contribution in [3.8, 4) is 0 Å². The van der Waals surface area contributed by atoms with Crippen LogP contribution in [0.25, 0.3) is 0 Å². The highest BCUT2D eigenvalue weighted by Crippen LogP contribution is 2.29. The van der Waals surface area contributed by atoms with Crippen molar-refractivity contribution in [2.45, 2.75) is 12.3 Å². The number of benzene rings is 2. The van der Waals surface area contributed by atoms with Crippen LogP contribution >= 0.6 is 0 Å². The zero-order valence-electron chi connectivity index (χ0n) is 12.4. The molecule has 1 aliphatic rings. The van der Waals surface area contributed by atoms with Gasteiger partial charge in [-0.15, -0.1) is 0 Å². The lowest BCUT2D eigenvalue weighted by atomic mass is 9.96. The Bertz CT molecular complexity index is 504. The Morgan fingerprint density at radius 1 is 1.00 bits per heavy atom. The van der Waals surface area contributed by atoms with Gasteiger partial charge in [-0.2, -0.15) is 0 Å². The smallest absolute Gasteiger partial charge is 0.120 e. The fraction of sp³-hybridized carbons (Fsp3) is 0.333. The molecule has 1 fully saturated rings. The molecule has 1 N–H and O–H groups in total. The van der Waals surface area contributed by atoms with Crippen LogP contribution in [0.15, 0.2) is 60.7 Å². The van der Waals surface area contributed by atoms with Gasteiger partial charge < -0.3 is 4.74 Å². The molecule has 0 spiro atoms. The lowest BCUT2D eigenvalue weighted by molar-refractivity contribution is 0.00625. The van der Waals surface area contributed by atoms with E-state index in [-0.39, 0.29) is 12.3 Å². The molecule has 0 aromatic heterocycles. The number of hydrogen-bond acceptors (Lipinski definition) is 3. The summed E-state index contributed by atoms with van der Waals surface area (Å²) >= 11 is 0. The first kappa shape index (κ1) is 14.3. The van der Waals surface area contributed by atoms with Crippen molar-refractivity contribution < 1.29 is 4.74 Å². The van der Waals surface area contributed by atoms with Gasteiger partial charge >= 0.3 is 0 Å². The normalized spacial score (nSPS) is 19.8. The van der Waals surface area contributed by atoms with Crippen molar-refractivity contribution in [3.05, 3.63) is 71.8 Å². The lowest BCUT2D eigenvalue weighted by Gasteiger charge is -2.38. The van der Waals surface area contributed by atoms with Gasteiger partial charge in [-0.05, 0) is 11.1 Å². The standard InChI is InChI=1S/C18H22N2O/c1-21-17-14-20(13-12-19-17)18(15-8-4-2-5-9-15)16-10-6-3-7-11-16/h2-11,17-19H,12-14H2,1H3. The summed E-state index contributed by atoms with van der Waals surface area (Å²) in [4.78, 5) is 2.50. The van der Waals surface area contributed by atoms with Gasteiger partial charge in [-0.1, -0.05) is 60.7 Å². The molecule has 21 heavy (non-hydrogen) atoms. The molecule has 2 aromatic rings. The minimum atomic E-state index is 0.105. The van der Waals surface area contributed by atoms with Crippen molar-refractivity contribution in [2.24, 2.45) is 0 Å². The van der Waals surface area contributed by atoms with Gasteiger partial charge in [0.1, 0.15) is 6.23 Å². The number of nitrogens with zero attached hydrogens (tertiary/aromatic N) is 1. The Morgan fingerprint density at radius 3 is 2.10 bits per heavy atom. The van der Waals surface area contributed by atoms with Crippen molar-refractivity contribution in [3.63, 3.8) is 0 Å². The maximum absolute atomic E-state index is 5.49. The minimum Gasteiger partial charge on any atom is -0.365 e. The van der Waals surface area contributed by atoms with Crippen molar-refractivity contribution >= 4 is 0 Å². The van der Waals surface area contributed by atoms with E-state index in [0.717, 1.165) is 19.6 Å². The lowest BCUT2D eigenvalue weighted by Crippen LogP contribution is -2.52. The first-order chi connectivity index (χ1) is 10.4. The highest BCUT2D eigenvalue weighted by Gasteiger charge is 2.27. The molecule has 0 bridgehead atoms. The largest absolute Gasteiger partial charge is 0.365 e. The number of rotatable bonds is 4. The van der Waals surface area contributed by atoms with Crippen LogP contribution < -0.4 is 5.32 Å². The summed E-state index contributed by atoms with van der Waals surface area (Å²) in [5, 5.41) is 3.39. The monoisotopic (exact) mass is 282 g/mol. The van der Waals surface area contributed by atoms with Crippen LogP contribution in [0, 0.1) is 0 Å². The van der Waals surface area contributed by atoms with E-state index in [1.807, 2.05) is 0 Å². The predicted octanol–water partition coefficient (Wildman–Crippen LogP) is 2.65. The van der Waals surface area contributed by atoms with Crippen molar-refractivity contribution in [2.75, 3.05) is 26.7 Å². The Morgan fingerprint density at radius 2 is 1.57 bits per heavy atom. The average molecular weight is 282 g/mol. The summed E-state index contributed by atoms with van der Waals surface area (Å²) in [7, 11) is 1.77. The molecule has 1 unspecified atom stereocenters. The van der Waals surface area contributed by atoms with Gasteiger partial charge in [0, 0.05) is 26.7 Å². The Hall–Kier alpha value is -1.68. The third-order valence-corrected chi connectivity index (χ3v) is 4.05. The summed E-state index contributed by atoms with van der Waals surface area (Å²) in [6, 6.07) is 21.7. The topological polar surface area (TPSA) is 24.5 Å². The molecule has 3 heteroatoms. The van der Waals surface area contributed by atoms with Crippen molar-refractivity contribution in [1.82, 2.24) is 10.2 Å². The molecule has 1 saturated heterocycles. The molecular formula is C18H22N2O. The van der Waals surface area contributed by atoms with Gasteiger partial charge in [0.05, 0.1) is 6.04 Å². The third kappa shape index (κ3) is 3.32. The zero-order chi connectivity index (χ0) is 14.5. The molecule has 1 heterocycles. The first-order valence-corrected chi connectivity index (χ1v) is 7.48. The Balaban J connectivity index is 1.93. The molecule has 2 aromatic carbocycles. The number of ether oxygens (including phenoxy) is 1. The molecule has 0 amide bonds. The molecule has 110 valence electrons. The predicted molar refractivity (Wildman–Crippen MR) is 85.1 cm³/mol. The van der Waals surface area contributed by atoms with Crippen LogP contribution in [0.5, 0.6) is 0 Å². The molecule has 3 rings (SSSR count). The number of piperazine rings is 1. The second-order valence-electron chi connectivity index (χ2n) is 5.40. The molecule has 3 nitrogen and oxygen atoms in total. The van der Waals surface area contributed by atoms with E-state index in [9.17, 15) is 0 Å². The summed E-state index contributed by atoms with van der Waals surface area (Å²) in [6.45, 7) is 2.87. The summed E-state index contributed by atoms with van der Waals surface area (Å²) in [5.41, 5.74) is 2.67. The van der Waals surface area contributed by atoms with Gasteiger partial charge in [0.25, 0.3) is 0 Å². The van der Waals surface area contributed by atoms with Gasteiger partial charge in [0.2, 0.25) is 0 Å². The molecule has 0 saturated carbocycles. The van der Waals surface area contributed by atoms with E-state index in [0.29, 0.717) is 0 Å². The van der Waals surface area contributed by atoms with Crippen LogP contribution in [0.1, 0.15) is 17.2 Å². The van der Waals surface area contributed by atoms with Crippen molar-refractivity contribution in [1.29, 1.82) is 0 Å². The third-order valence-electron chi connectivity index (χ3n) is 4.05. The van der Waals surface area contributed by atoms with E-state index < -0.39 is 0 Å². The highest BCUT2D eigenvalue weighted by molar-refractivity contribution is 5.31. The number of hydrogen-bond donors (Lipinski definition) is 1.